The van der Waals surface area contributed by atoms with E-state index in [1.807, 2.05) is 6.92 Å². The van der Waals surface area contributed by atoms with Crippen molar-refractivity contribution >= 4 is 40.0 Å². The maximum absolute atomic E-state index is 12.2. The number of likely N-dealkylation sites (N-methyl/N-ethyl adjacent to an activating group) is 1. The lowest BCUT2D eigenvalue weighted by atomic mass is 10.1. The van der Waals surface area contributed by atoms with E-state index >= 15 is 0 Å². The van der Waals surface area contributed by atoms with Gasteiger partial charge in [0.15, 0.2) is 6.61 Å². The van der Waals surface area contributed by atoms with Gasteiger partial charge in [0, 0.05) is 18.3 Å². The number of anilines is 1. The second-order valence-electron chi connectivity index (χ2n) is 4.97. The first-order valence-electron chi connectivity index (χ1n) is 7.34. The lowest BCUT2D eigenvalue weighted by Gasteiger charge is -2.08. The fraction of sp³-hybridized carbons (Fsp3) is 0.467. The SMILES string of the molecule is CCNC(=O)CNC(=O)COC(=O)c1c(NC(C)=O)sc(C)c1C. The van der Waals surface area contributed by atoms with Gasteiger partial charge >= 0.3 is 5.97 Å². The van der Waals surface area contributed by atoms with Crippen molar-refractivity contribution in [1.82, 2.24) is 10.6 Å². The van der Waals surface area contributed by atoms with Crippen LogP contribution < -0.4 is 16.0 Å². The summed E-state index contributed by atoms with van der Waals surface area (Å²) in [6.45, 7) is 6.44. The van der Waals surface area contributed by atoms with E-state index in [2.05, 4.69) is 16.0 Å². The number of aryl methyl sites for hydroxylation is 1. The third-order valence-corrected chi connectivity index (χ3v) is 4.16. The average Bonchev–Trinajstić information content (AvgIpc) is 2.76. The number of carbonyl (C=O) groups excluding carboxylic acids is 4. The van der Waals surface area contributed by atoms with Crippen LogP contribution in [0.4, 0.5) is 5.00 Å². The standard InChI is InChI=1S/C15H21N3O5S/c1-5-16-11(20)6-17-12(21)7-23-15(22)13-8(2)9(3)24-14(13)18-10(4)19/h5-7H2,1-4H3,(H,16,20)(H,17,21)(H,18,19). The molecular weight excluding hydrogens is 334 g/mol. The molecule has 1 aromatic rings. The van der Waals surface area contributed by atoms with Crippen molar-refractivity contribution < 1.29 is 23.9 Å². The summed E-state index contributed by atoms with van der Waals surface area (Å²) in [4.78, 5) is 47.1. The summed E-state index contributed by atoms with van der Waals surface area (Å²) in [7, 11) is 0. The van der Waals surface area contributed by atoms with Gasteiger partial charge in [0.2, 0.25) is 11.8 Å². The summed E-state index contributed by atoms with van der Waals surface area (Å²) in [6.07, 6.45) is 0. The van der Waals surface area contributed by atoms with Gasteiger partial charge in [0.25, 0.3) is 5.91 Å². The summed E-state index contributed by atoms with van der Waals surface area (Å²) in [5.74, 6) is -1.91. The van der Waals surface area contributed by atoms with Gasteiger partial charge in [-0.15, -0.1) is 11.3 Å². The Balaban J connectivity index is 2.64. The minimum Gasteiger partial charge on any atom is -0.452 e. The third kappa shape index (κ3) is 5.65. The largest absolute Gasteiger partial charge is 0.452 e. The van der Waals surface area contributed by atoms with E-state index in [9.17, 15) is 19.2 Å². The molecule has 0 saturated heterocycles. The fourth-order valence-electron chi connectivity index (χ4n) is 1.81. The van der Waals surface area contributed by atoms with Gasteiger partial charge in [0.1, 0.15) is 5.00 Å². The molecule has 3 amide bonds. The first-order chi connectivity index (χ1) is 11.3. The molecule has 1 heterocycles. The molecule has 0 bridgehead atoms. The van der Waals surface area contributed by atoms with Crippen molar-refractivity contribution in [3.63, 3.8) is 0 Å². The van der Waals surface area contributed by atoms with Crippen LogP contribution in [-0.2, 0) is 19.1 Å². The van der Waals surface area contributed by atoms with E-state index in [1.54, 1.807) is 13.8 Å². The number of thiophene rings is 1. The molecule has 24 heavy (non-hydrogen) atoms. The summed E-state index contributed by atoms with van der Waals surface area (Å²) < 4.78 is 4.97. The van der Waals surface area contributed by atoms with Crippen LogP contribution in [0, 0.1) is 13.8 Å². The summed E-state index contributed by atoms with van der Waals surface area (Å²) >= 11 is 1.27. The Morgan fingerprint density at radius 2 is 1.75 bits per heavy atom. The predicted molar refractivity (Wildman–Crippen MR) is 90.1 cm³/mol. The molecule has 0 aliphatic carbocycles. The number of amides is 3. The molecule has 1 aromatic heterocycles. The van der Waals surface area contributed by atoms with Gasteiger partial charge in [-0.25, -0.2) is 4.79 Å². The molecule has 132 valence electrons. The van der Waals surface area contributed by atoms with Crippen LogP contribution in [0.1, 0.15) is 34.6 Å². The zero-order valence-electron chi connectivity index (χ0n) is 14.1. The average molecular weight is 355 g/mol. The van der Waals surface area contributed by atoms with Crippen molar-refractivity contribution in [2.45, 2.75) is 27.7 Å². The van der Waals surface area contributed by atoms with E-state index in [0.717, 1.165) is 4.88 Å². The lowest BCUT2D eigenvalue weighted by Crippen LogP contribution is -2.38. The van der Waals surface area contributed by atoms with Gasteiger partial charge in [-0.1, -0.05) is 0 Å². The minimum atomic E-state index is -0.700. The highest BCUT2D eigenvalue weighted by molar-refractivity contribution is 7.16. The van der Waals surface area contributed by atoms with Crippen molar-refractivity contribution in [2.75, 3.05) is 25.0 Å². The maximum atomic E-state index is 12.2. The monoisotopic (exact) mass is 355 g/mol. The van der Waals surface area contributed by atoms with Gasteiger partial charge in [-0.3, -0.25) is 14.4 Å². The van der Waals surface area contributed by atoms with E-state index in [0.29, 0.717) is 17.1 Å². The van der Waals surface area contributed by atoms with Gasteiger partial charge in [-0.2, -0.15) is 0 Å². The summed E-state index contributed by atoms with van der Waals surface area (Å²) in [5, 5.41) is 7.85. The predicted octanol–water partition coefficient (Wildman–Crippen LogP) is 0.732. The topological polar surface area (TPSA) is 114 Å². The summed E-state index contributed by atoms with van der Waals surface area (Å²) in [6, 6.07) is 0. The number of ether oxygens (including phenoxy) is 1. The van der Waals surface area contributed by atoms with Crippen LogP contribution in [-0.4, -0.2) is 43.4 Å². The van der Waals surface area contributed by atoms with E-state index < -0.39 is 18.5 Å². The highest BCUT2D eigenvalue weighted by Crippen LogP contribution is 2.32. The Bertz CT molecular complexity index is 654. The Hall–Kier alpha value is -2.42. The zero-order chi connectivity index (χ0) is 18.3. The number of hydrogen-bond donors (Lipinski definition) is 3. The van der Waals surface area contributed by atoms with Crippen LogP contribution >= 0.6 is 11.3 Å². The van der Waals surface area contributed by atoms with Crippen molar-refractivity contribution in [3.8, 4) is 0 Å². The van der Waals surface area contributed by atoms with Gasteiger partial charge in [0.05, 0.1) is 12.1 Å². The maximum Gasteiger partial charge on any atom is 0.341 e. The second-order valence-corrected chi connectivity index (χ2v) is 6.20. The fourth-order valence-corrected chi connectivity index (χ4v) is 2.91. The van der Waals surface area contributed by atoms with Gasteiger partial charge < -0.3 is 20.7 Å². The Morgan fingerprint density at radius 3 is 2.33 bits per heavy atom. The van der Waals surface area contributed by atoms with Crippen molar-refractivity contribution in [3.05, 3.63) is 16.0 Å². The van der Waals surface area contributed by atoms with E-state index in [4.69, 9.17) is 4.74 Å². The number of esters is 1. The molecule has 0 atom stereocenters. The first kappa shape index (κ1) is 19.6. The Morgan fingerprint density at radius 1 is 1.08 bits per heavy atom. The molecule has 9 heteroatoms. The molecule has 3 N–H and O–H groups in total. The molecule has 0 aliphatic heterocycles. The number of carbonyl (C=O) groups is 4. The zero-order valence-corrected chi connectivity index (χ0v) is 14.9. The number of hydrogen-bond acceptors (Lipinski definition) is 6. The van der Waals surface area contributed by atoms with E-state index in [-0.39, 0.29) is 23.9 Å². The molecule has 0 spiro atoms. The van der Waals surface area contributed by atoms with Crippen molar-refractivity contribution in [1.29, 1.82) is 0 Å². The molecule has 0 fully saturated rings. The highest BCUT2D eigenvalue weighted by Gasteiger charge is 2.22. The molecular formula is C15H21N3O5S. The quantitative estimate of drug-likeness (QED) is 0.624. The normalized spacial score (nSPS) is 10.0. The second kappa shape index (κ2) is 9.02. The number of nitrogens with one attached hydrogen (secondary N) is 3. The molecule has 0 aromatic carbocycles. The molecule has 0 radical (unpaired) electrons. The third-order valence-electron chi connectivity index (χ3n) is 3.03. The smallest absolute Gasteiger partial charge is 0.341 e. The van der Waals surface area contributed by atoms with E-state index in [1.165, 1.54) is 18.3 Å². The first-order valence-corrected chi connectivity index (χ1v) is 8.16. The van der Waals surface area contributed by atoms with Crippen LogP contribution in [0.5, 0.6) is 0 Å². The lowest BCUT2D eigenvalue weighted by molar-refractivity contribution is -0.127. The highest BCUT2D eigenvalue weighted by atomic mass is 32.1. The molecule has 0 unspecified atom stereocenters. The van der Waals surface area contributed by atoms with Crippen LogP contribution in [0.2, 0.25) is 0 Å². The van der Waals surface area contributed by atoms with Crippen LogP contribution in [0.3, 0.4) is 0 Å². The number of rotatable bonds is 7. The van der Waals surface area contributed by atoms with Crippen LogP contribution in [0.15, 0.2) is 0 Å². The molecule has 8 nitrogen and oxygen atoms in total. The van der Waals surface area contributed by atoms with Crippen molar-refractivity contribution in [2.24, 2.45) is 0 Å². The molecule has 0 saturated carbocycles. The summed E-state index contributed by atoms with van der Waals surface area (Å²) in [5.41, 5.74) is 0.931. The minimum absolute atomic E-state index is 0.183. The Labute approximate surface area is 143 Å². The Kier molecular flexibility index (Phi) is 7.37. The van der Waals surface area contributed by atoms with Gasteiger partial charge in [-0.05, 0) is 26.3 Å². The molecule has 0 aliphatic rings. The van der Waals surface area contributed by atoms with Crippen LogP contribution in [0.25, 0.3) is 0 Å². The molecule has 1 rings (SSSR count).